The van der Waals surface area contributed by atoms with Crippen molar-refractivity contribution in [1.82, 2.24) is 5.32 Å². The summed E-state index contributed by atoms with van der Waals surface area (Å²) in [5.41, 5.74) is 2.34. The van der Waals surface area contributed by atoms with Gasteiger partial charge in [-0.25, -0.2) is 0 Å². The molecule has 2 rings (SSSR count). The van der Waals surface area contributed by atoms with Gasteiger partial charge in [0.15, 0.2) is 0 Å². The molecule has 2 aromatic rings. The zero-order valence-electron chi connectivity index (χ0n) is 10.1. The van der Waals surface area contributed by atoms with Crippen LogP contribution in [0.4, 0.5) is 0 Å². The van der Waals surface area contributed by atoms with Gasteiger partial charge in [-0.05, 0) is 47.9 Å². The summed E-state index contributed by atoms with van der Waals surface area (Å²) in [5, 5.41) is 9.18. The van der Waals surface area contributed by atoms with Crippen LogP contribution < -0.4 is 5.32 Å². The zero-order valence-corrected chi connectivity index (χ0v) is 12.4. The fourth-order valence-electron chi connectivity index (χ4n) is 1.81. The van der Waals surface area contributed by atoms with E-state index in [4.69, 9.17) is 23.2 Å². The predicted molar refractivity (Wildman–Crippen MR) is 80.8 cm³/mol. The molecule has 1 unspecified atom stereocenters. The number of hydrogen-bond acceptors (Lipinski definition) is 2. The fraction of sp³-hybridized carbons (Fsp3) is 0.286. The molecular weight excluding hydrogens is 285 g/mol. The number of thiophene rings is 1. The summed E-state index contributed by atoms with van der Waals surface area (Å²) in [6.45, 7) is 2.87. The Morgan fingerprint density at radius 1 is 1.22 bits per heavy atom. The average molecular weight is 300 g/mol. The standard InChI is InChI=1S/C14H15Cl2NS/c1-10(7-11-5-6-18-9-11)17-8-12-13(15)3-2-4-14(12)16/h2-6,9-10,17H,7-8H2,1H3. The molecule has 0 amide bonds. The summed E-state index contributed by atoms with van der Waals surface area (Å²) >= 11 is 14.0. The second-order valence-corrected chi connectivity index (χ2v) is 5.91. The SMILES string of the molecule is CC(Cc1ccsc1)NCc1c(Cl)cccc1Cl. The van der Waals surface area contributed by atoms with E-state index >= 15 is 0 Å². The summed E-state index contributed by atoms with van der Waals surface area (Å²) in [4.78, 5) is 0. The highest BCUT2D eigenvalue weighted by atomic mass is 35.5. The first-order valence-electron chi connectivity index (χ1n) is 5.84. The lowest BCUT2D eigenvalue weighted by molar-refractivity contribution is 0.546. The molecule has 1 aromatic heterocycles. The van der Waals surface area contributed by atoms with Gasteiger partial charge in [0, 0.05) is 28.2 Å². The number of halogens is 2. The molecule has 0 aliphatic heterocycles. The number of nitrogens with one attached hydrogen (secondary N) is 1. The van der Waals surface area contributed by atoms with Gasteiger partial charge in [-0.3, -0.25) is 0 Å². The Morgan fingerprint density at radius 2 is 1.94 bits per heavy atom. The van der Waals surface area contributed by atoms with Gasteiger partial charge in [0.1, 0.15) is 0 Å². The second kappa shape index (κ2) is 6.58. The third-order valence-corrected chi connectivity index (χ3v) is 4.25. The van der Waals surface area contributed by atoms with Crippen molar-refractivity contribution < 1.29 is 0 Å². The molecule has 0 bridgehead atoms. The second-order valence-electron chi connectivity index (χ2n) is 4.32. The van der Waals surface area contributed by atoms with Crippen LogP contribution in [0.3, 0.4) is 0 Å². The molecule has 4 heteroatoms. The van der Waals surface area contributed by atoms with Crippen LogP contribution in [-0.4, -0.2) is 6.04 Å². The van der Waals surface area contributed by atoms with E-state index in [9.17, 15) is 0 Å². The lowest BCUT2D eigenvalue weighted by Gasteiger charge is -2.14. The van der Waals surface area contributed by atoms with E-state index in [1.807, 2.05) is 18.2 Å². The first-order valence-corrected chi connectivity index (χ1v) is 7.54. The van der Waals surface area contributed by atoms with Crippen LogP contribution in [0.15, 0.2) is 35.0 Å². The summed E-state index contributed by atoms with van der Waals surface area (Å²) in [5.74, 6) is 0. The normalized spacial score (nSPS) is 12.6. The Morgan fingerprint density at radius 3 is 2.56 bits per heavy atom. The van der Waals surface area contributed by atoms with Crippen LogP contribution >= 0.6 is 34.5 Å². The van der Waals surface area contributed by atoms with Gasteiger partial charge in [-0.2, -0.15) is 11.3 Å². The molecule has 1 aromatic carbocycles. The summed E-state index contributed by atoms with van der Waals surface area (Å²) < 4.78 is 0. The first-order chi connectivity index (χ1) is 8.66. The Labute approximate surface area is 122 Å². The van der Waals surface area contributed by atoms with E-state index in [0.29, 0.717) is 12.6 Å². The summed E-state index contributed by atoms with van der Waals surface area (Å²) in [6.07, 6.45) is 1.02. The van der Waals surface area contributed by atoms with Gasteiger partial charge < -0.3 is 5.32 Å². The Hall–Kier alpha value is -0.540. The van der Waals surface area contributed by atoms with Crippen molar-refractivity contribution in [3.63, 3.8) is 0 Å². The minimum atomic E-state index is 0.395. The largest absolute Gasteiger partial charge is 0.310 e. The Bertz CT molecular complexity index is 476. The molecule has 0 spiro atoms. The van der Waals surface area contributed by atoms with E-state index in [-0.39, 0.29) is 0 Å². The van der Waals surface area contributed by atoms with E-state index in [1.54, 1.807) is 11.3 Å². The average Bonchev–Trinajstić information content (AvgIpc) is 2.81. The lowest BCUT2D eigenvalue weighted by atomic mass is 10.1. The van der Waals surface area contributed by atoms with E-state index < -0.39 is 0 Å². The maximum absolute atomic E-state index is 6.13. The quantitative estimate of drug-likeness (QED) is 0.838. The molecule has 0 fully saturated rings. The molecule has 0 radical (unpaired) electrons. The molecule has 18 heavy (non-hydrogen) atoms. The predicted octanol–water partition coefficient (Wildman–Crippen LogP) is 4.78. The Kier molecular flexibility index (Phi) is 5.07. The van der Waals surface area contributed by atoms with Crippen molar-refractivity contribution in [3.05, 3.63) is 56.2 Å². The maximum Gasteiger partial charge on any atom is 0.0465 e. The van der Waals surface area contributed by atoms with Crippen LogP contribution in [-0.2, 0) is 13.0 Å². The number of rotatable bonds is 5. The maximum atomic E-state index is 6.13. The molecule has 96 valence electrons. The monoisotopic (exact) mass is 299 g/mol. The van der Waals surface area contributed by atoms with Gasteiger partial charge in [0.05, 0.1) is 0 Å². The Balaban J connectivity index is 1.91. The molecule has 0 aliphatic rings. The highest BCUT2D eigenvalue weighted by Crippen LogP contribution is 2.24. The van der Waals surface area contributed by atoms with Crippen molar-refractivity contribution in [2.75, 3.05) is 0 Å². The number of hydrogen-bond donors (Lipinski definition) is 1. The molecule has 0 saturated heterocycles. The van der Waals surface area contributed by atoms with E-state index in [0.717, 1.165) is 22.0 Å². The van der Waals surface area contributed by atoms with Gasteiger partial charge in [-0.1, -0.05) is 29.3 Å². The van der Waals surface area contributed by atoms with Crippen molar-refractivity contribution >= 4 is 34.5 Å². The van der Waals surface area contributed by atoms with Gasteiger partial charge >= 0.3 is 0 Å². The summed E-state index contributed by atoms with van der Waals surface area (Å²) in [6, 6.07) is 8.16. The van der Waals surface area contributed by atoms with Crippen LogP contribution in [0.5, 0.6) is 0 Å². The lowest BCUT2D eigenvalue weighted by Crippen LogP contribution is -2.27. The van der Waals surface area contributed by atoms with Crippen molar-refractivity contribution in [2.24, 2.45) is 0 Å². The molecule has 1 heterocycles. The highest BCUT2D eigenvalue weighted by molar-refractivity contribution is 7.07. The smallest absolute Gasteiger partial charge is 0.0465 e. The molecule has 0 aliphatic carbocycles. The molecule has 1 N–H and O–H groups in total. The van der Waals surface area contributed by atoms with Gasteiger partial charge in [0.2, 0.25) is 0 Å². The molecule has 0 saturated carbocycles. The van der Waals surface area contributed by atoms with Crippen molar-refractivity contribution in [3.8, 4) is 0 Å². The zero-order chi connectivity index (χ0) is 13.0. The van der Waals surface area contributed by atoms with Gasteiger partial charge in [-0.15, -0.1) is 0 Å². The van der Waals surface area contributed by atoms with E-state index in [1.165, 1.54) is 5.56 Å². The third kappa shape index (κ3) is 3.72. The minimum Gasteiger partial charge on any atom is -0.310 e. The third-order valence-electron chi connectivity index (χ3n) is 2.81. The molecular formula is C14H15Cl2NS. The van der Waals surface area contributed by atoms with Crippen molar-refractivity contribution in [1.29, 1.82) is 0 Å². The van der Waals surface area contributed by atoms with Crippen molar-refractivity contribution in [2.45, 2.75) is 25.9 Å². The minimum absolute atomic E-state index is 0.395. The topological polar surface area (TPSA) is 12.0 Å². The van der Waals surface area contributed by atoms with Crippen LogP contribution in [0.25, 0.3) is 0 Å². The fourth-order valence-corrected chi connectivity index (χ4v) is 3.02. The van der Waals surface area contributed by atoms with Crippen LogP contribution in [0.1, 0.15) is 18.1 Å². The summed E-state index contributed by atoms with van der Waals surface area (Å²) in [7, 11) is 0. The first kappa shape index (κ1) is 13.9. The van der Waals surface area contributed by atoms with Crippen LogP contribution in [0, 0.1) is 0 Å². The molecule has 1 nitrogen and oxygen atoms in total. The van der Waals surface area contributed by atoms with E-state index in [2.05, 4.69) is 29.1 Å². The molecule has 1 atom stereocenters. The number of benzene rings is 1. The van der Waals surface area contributed by atoms with Gasteiger partial charge in [0.25, 0.3) is 0 Å². The highest BCUT2D eigenvalue weighted by Gasteiger charge is 2.08. The van der Waals surface area contributed by atoms with Crippen LogP contribution in [0.2, 0.25) is 10.0 Å².